The molecule has 1 aromatic rings. The fraction of sp³-hybridized carbons (Fsp3) is 0.662. The summed E-state index contributed by atoms with van der Waals surface area (Å²) in [5.74, 6) is -21.1. The molecule has 0 aliphatic heterocycles. The van der Waals surface area contributed by atoms with E-state index in [0.29, 0.717) is 37.7 Å². The van der Waals surface area contributed by atoms with Gasteiger partial charge in [-0.2, -0.15) is 0 Å². The van der Waals surface area contributed by atoms with Gasteiger partial charge in [0.1, 0.15) is 84.3 Å². The number of nitrogens with one attached hydrogen (secondary N) is 15. The first-order valence-corrected chi connectivity index (χ1v) is 39.5. The number of rotatable bonds is 61. The largest absolute Gasteiger partial charge is 0.508 e. The zero-order valence-corrected chi connectivity index (χ0v) is 68.7. The number of carbonyl (C=O) groups excluding carboxylic acids is 16. The molecule has 46 nitrogen and oxygen atoms in total. The Balaban J connectivity index is 3.18. The number of hydrogen-bond acceptors (Lipinski definition) is 27. The molecular weight excluding hydrogens is 1580 g/mol. The fourth-order valence-electron chi connectivity index (χ4n) is 11.4. The molecule has 0 fully saturated rings. The maximum atomic E-state index is 14.1. The summed E-state index contributed by atoms with van der Waals surface area (Å²) in [5, 5.41) is 94.8. The quantitative estimate of drug-likeness (QED) is 0.0269. The highest BCUT2D eigenvalue weighted by atomic mass is 16.4. The van der Waals surface area contributed by atoms with Crippen LogP contribution in [0.15, 0.2) is 24.3 Å². The molecule has 1 rings (SSSR count). The van der Waals surface area contributed by atoms with Crippen LogP contribution in [-0.2, 0) is 97.5 Å². The number of aliphatic hydroxyl groups excluding tert-OH is 2. The average molecular weight is 1710 g/mol. The van der Waals surface area contributed by atoms with Gasteiger partial charge in [-0.25, -0.2) is 4.79 Å². The van der Waals surface area contributed by atoms with E-state index in [-0.39, 0.29) is 83.3 Å². The third-order valence-electron chi connectivity index (χ3n) is 18.4. The number of amides is 16. The molecule has 0 heterocycles. The highest BCUT2D eigenvalue weighted by molar-refractivity contribution is 6.00. The minimum absolute atomic E-state index is 0.0145. The first-order chi connectivity index (χ1) is 56.4. The Kier molecular flexibility index (Phi) is 50.6. The van der Waals surface area contributed by atoms with E-state index in [2.05, 4.69) is 79.8 Å². The molecule has 0 radical (unpaired) electrons. The molecule has 0 saturated heterocycles. The molecule has 0 aliphatic rings. The van der Waals surface area contributed by atoms with Crippen molar-refractivity contribution in [3.05, 3.63) is 29.8 Å². The molecule has 0 saturated carbocycles. The average Bonchev–Trinajstić information content (AvgIpc) is 0.856. The first-order valence-electron chi connectivity index (χ1n) is 39.5. The van der Waals surface area contributed by atoms with E-state index in [1.54, 1.807) is 12.1 Å². The lowest BCUT2D eigenvalue weighted by Gasteiger charge is -2.28. The predicted molar refractivity (Wildman–Crippen MR) is 428 cm³/mol. The van der Waals surface area contributed by atoms with Crippen molar-refractivity contribution >= 4 is 112 Å². The molecule has 46 heteroatoms. The number of unbranched alkanes of at least 4 members (excludes halogenated alkanes) is 4. The molecule has 676 valence electrons. The number of aromatic hydroxyl groups is 1. The van der Waals surface area contributed by atoms with E-state index in [9.17, 15) is 117 Å². The van der Waals surface area contributed by atoms with Gasteiger partial charge in [0.25, 0.3) is 0 Å². The normalized spacial score (nSPS) is 15.1. The Labute approximate surface area is 693 Å². The summed E-state index contributed by atoms with van der Waals surface area (Å²) in [4.78, 5) is 251. The van der Waals surface area contributed by atoms with Crippen LogP contribution >= 0.6 is 0 Å². The van der Waals surface area contributed by atoms with Crippen LogP contribution < -0.4 is 114 Å². The Hall–Kier alpha value is -11.3. The number of benzene rings is 1. The topological polar surface area (TPSA) is 782 Å². The Morgan fingerprint density at radius 1 is 0.333 bits per heavy atom. The highest BCUT2D eigenvalue weighted by Crippen LogP contribution is 2.15. The number of carboxylic acids is 3. The molecule has 1 aromatic carbocycles. The van der Waals surface area contributed by atoms with Crippen LogP contribution in [0.2, 0.25) is 0 Å². The summed E-state index contributed by atoms with van der Waals surface area (Å²) in [6, 6.07) is -15.4. The van der Waals surface area contributed by atoms with Gasteiger partial charge in [-0.3, -0.25) is 86.3 Å². The van der Waals surface area contributed by atoms with Gasteiger partial charge < -0.3 is 145 Å². The Bertz CT molecular complexity index is 3590. The molecule has 16 amide bonds. The van der Waals surface area contributed by atoms with Gasteiger partial charge in [-0.15, -0.1) is 0 Å². The van der Waals surface area contributed by atoms with Gasteiger partial charge in [0.15, 0.2) is 0 Å². The Morgan fingerprint density at radius 2 is 0.642 bits per heavy atom. The second kappa shape index (κ2) is 57.0. The monoisotopic (exact) mass is 1710 g/mol. The molecule has 0 spiro atoms. The number of carboxylic acid groups (broad SMARTS) is 3. The Morgan fingerprint density at radius 3 is 1.05 bits per heavy atom. The summed E-state index contributed by atoms with van der Waals surface area (Å²) in [5.41, 5.74) is 34.8. The van der Waals surface area contributed by atoms with Crippen molar-refractivity contribution in [3.8, 4) is 5.75 Å². The first kappa shape index (κ1) is 107. The van der Waals surface area contributed by atoms with Crippen LogP contribution in [0.25, 0.3) is 0 Å². The van der Waals surface area contributed by atoms with Gasteiger partial charge >= 0.3 is 17.9 Å². The van der Waals surface area contributed by atoms with E-state index < -0.39 is 267 Å². The number of hydrogen-bond donors (Lipinski definition) is 27. The summed E-state index contributed by atoms with van der Waals surface area (Å²) in [6.45, 7) is 7.84. The van der Waals surface area contributed by atoms with Crippen molar-refractivity contribution in [3.63, 3.8) is 0 Å². The minimum atomic E-state index is -1.79. The maximum absolute atomic E-state index is 14.1. The van der Waals surface area contributed by atoms with Crippen molar-refractivity contribution in [2.75, 3.05) is 39.3 Å². The lowest BCUT2D eigenvalue weighted by atomic mass is 10.0. The summed E-state index contributed by atoms with van der Waals surface area (Å²) in [7, 11) is 0. The van der Waals surface area contributed by atoms with Gasteiger partial charge in [-0.1, -0.05) is 26.0 Å². The summed E-state index contributed by atoms with van der Waals surface area (Å²) < 4.78 is 0. The summed E-state index contributed by atoms with van der Waals surface area (Å²) >= 11 is 0. The predicted octanol–water partition coefficient (Wildman–Crippen LogP) is -9.13. The maximum Gasteiger partial charge on any atom is 0.326 e. The standard InChI is InChI=1S/C74H125N21O25/c1-37(2)58(93-55(101)36-82-65(110)50(24-27-53(80)99)89-67(112)47(17-9-13-31-76)90-73(118)60(42(7)97)95-70(115)49(19-11-15-33-78)88-64(109)45(79)34-43-20-22-44(98)23-21-43)71(116)85-40(5)63(108)87-51(25-28-56(102)103)66(111)84-39(4)62(107)83-38(3)61(106)81-35-54(100)86-46(16-8-12-30-75)69(114)94-59(41(6)96)72(117)91-48(18-10-14-32-77)68(113)92-52(74(119)120)26-29-57(104)105/h20-23,37-42,45-52,58-60,96-98H,8-19,24-36,75-79H2,1-7H3,(H2,80,99)(H,81,106)(H,82,110)(H,83,107)(H,84,111)(H,85,116)(H,86,100)(H,87,108)(H,88,109)(H,89,112)(H,90,118)(H,91,117)(H,92,113)(H,93,101)(H,94,114)(H,95,115)(H,102,103)(H,104,105)(H,119,120)/t38-,39-,40-,41+,42+,45-,46-,47-,48-,49-,50-,51-,52-,58-,59-,60-/m0/s1. The lowest BCUT2D eigenvalue weighted by Crippen LogP contribution is -2.61. The number of primary amides is 1. The molecule has 33 N–H and O–H groups in total. The third-order valence-corrected chi connectivity index (χ3v) is 18.4. The summed E-state index contributed by atoms with van der Waals surface area (Å²) in [6.07, 6.45) is -4.42. The van der Waals surface area contributed by atoms with Crippen molar-refractivity contribution in [2.45, 2.75) is 267 Å². The minimum Gasteiger partial charge on any atom is -0.508 e. The van der Waals surface area contributed by atoms with Gasteiger partial charge in [-0.05, 0) is 187 Å². The molecule has 120 heavy (non-hydrogen) atoms. The van der Waals surface area contributed by atoms with Crippen LogP contribution in [0.1, 0.15) is 170 Å². The molecule has 0 aliphatic carbocycles. The lowest BCUT2D eigenvalue weighted by molar-refractivity contribution is -0.144. The van der Waals surface area contributed by atoms with Crippen molar-refractivity contribution in [1.29, 1.82) is 0 Å². The van der Waals surface area contributed by atoms with E-state index in [1.807, 2.05) is 0 Å². The van der Waals surface area contributed by atoms with Gasteiger partial charge in [0.2, 0.25) is 94.5 Å². The molecule has 0 unspecified atom stereocenters. The van der Waals surface area contributed by atoms with Crippen molar-refractivity contribution in [2.24, 2.45) is 40.3 Å². The van der Waals surface area contributed by atoms with Crippen LogP contribution in [0.5, 0.6) is 5.75 Å². The number of nitrogens with two attached hydrogens (primary N) is 6. The van der Waals surface area contributed by atoms with Gasteiger partial charge in [0, 0.05) is 19.3 Å². The second-order valence-corrected chi connectivity index (χ2v) is 29.2. The SMILES string of the molecule is CC(C)[C@H](NC(=O)CNC(=O)[C@H](CCC(N)=O)NC(=O)[C@H](CCCCN)NC(=O)[C@@H](NC(=O)[C@H](CCCCN)NC(=O)[C@@H](N)Cc1ccc(O)cc1)[C@@H](C)O)C(=O)N[C@@H](C)C(=O)N[C@@H](CCC(=O)O)C(=O)N[C@@H](C)C(=O)N[C@@H](C)C(=O)NCC(=O)N[C@@H](CCCCN)C(=O)N[C@H](C(=O)N[C@@H](CCCCN)C(=O)N[C@@H](CCC(=O)O)C(=O)O)[C@@H](C)O. The zero-order valence-electron chi connectivity index (χ0n) is 68.7. The van der Waals surface area contributed by atoms with Crippen molar-refractivity contribution in [1.82, 2.24) is 79.8 Å². The molecule has 16 atom stereocenters. The van der Waals surface area contributed by atoms with Crippen molar-refractivity contribution < 1.29 is 122 Å². The molecule has 0 aromatic heterocycles. The number of phenolic OH excluding ortho intramolecular Hbond substituents is 1. The van der Waals surface area contributed by atoms with E-state index in [1.165, 1.54) is 46.8 Å². The third kappa shape index (κ3) is 42.4. The number of aliphatic hydroxyl groups is 2. The van der Waals surface area contributed by atoms with Gasteiger partial charge in [0.05, 0.1) is 31.3 Å². The number of aliphatic carboxylic acids is 3. The second-order valence-electron chi connectivity index (χ2n) is 29.2. The number of phenols is 1. The number of carbonyl (C=O) groups is 19. The smallest absolute Gasteiger partial charge is 0.326 e. The van der Waals surface area contributed by atoms with Crippen LogP contribution in [-0.4, -0.2) is 279 Å². The highest BCUT2D eigenvalue weighted by Gasteiger charge is 2.38. The van der Waals surface area contributed by atoms with Crippen LogP contribution in [0.4, 0.5) is 0 Å². The van der Waals surface area contributed by atoms with Crippen LogP contribution in [0.3, 0.4) is 0 Å². The van der Waals surface area contributed by atoms with E-state index in [0.717, 1.165) is 13.8 Å². The van der Waals surface area contributed by atoms with E-state index in [4.69, 9.17) is 39.5 Å². The molecule has 0 bridgehead atoms. The van der Waals surface area contributed by atoms with E-state index >= 15 is 0 Å². The van der Waals surface area contributed by atoms with Crippen LogP contribution in [0, 0.1) is 5.92 Å². The fourth-order valence-corrected chi connectivity index (χ4v) is 11.4. The molecular formula is C74H125N21O25. The zero-order chi connectivity index (χ0) is 91.1.